The van der Waals surface area contributed by atoms with Crippen LogP contribution in [0.25, 0.3) is 22.4 Å². The van der Waals surface area contributed by atoms with Crippen LogP contribution in [-0.4, -0.2) is 45.2 Å². The molecule has 3 aromatic rings. The summed E-state index contributed by atoms with van der Waals surface area (Å²) in [7, 11) is 0. The third kappa shape index (κ3) is 8.31. The average molecular weight is 627 g/mol. The summed E-state index contributed by atoms with van der Waals surface area (Å²) in [6.45, 7) is 8.97. The molecule has 9 heteroatoms. The zero-order valence-electron chi connectivity index (χ0n) is 27.5. The number of ether oxygens (including phenoxy) is 1. The Bertz CT molecular complexity index is 1550. The largest absolute Gasteiger partial charge is 0.438 e. The van der Waals surface area contributed by atoms with Crippen molar-refractivity contribution in [3.8, 4) is 22.4 Å². The second-order valence-corrected chi connectivity index (χ2v) is 14.3. The van der Waals surface area contributed by atoms with Crippen LogP contribution in [0, 0.1) is 5.92 Å². The van der Waals surface area contributed by atoms with Crippen molar-refractivity contribution >= 4 is 23.6 Å². The van der Waals surface area contributed by atoms with E-state index in [9.17, 15) is 19.5 Å². The Kier molecular flexibility index (Phi) is 9.54. The first-order valence-electron chi connectivity index (χ1n) is 16.2. The molecule has 46 heavy (non-hydrogen) atoms. The molecule has 2 aromatic carbocycles. The van der Waals surface area contributed by atoms with Crippen LogP contribution in [0.15, 0.2) is 66.9 Å². The number of nitrogens with one attached hydrogen (secondary N) is 3. The first-order chi connectivity index (χ1) is 21.7. The number of amides is 3. The Balaban J connectivity index is 1.34. The van der Waals surface area contributed by atoms with Crippen molar-refractivity contribution in [2.75, 3.05) is 5.32 Å². The van der Waals surface area contributed by atoms with Crippen molar-refractivity contribution in [1.82, 2.24) is 15.6 Å². The Morgan fingerprint density at radius 2 is 1.61 bits per heavy atom. The monoisotopic (exact) mass is 626 g/mol. The third-order valence-corrected chi connectivity index (χ3v) is 8.77. The van der Waals surface area contributed by atoms with Crippen molar-refractivity contribution in [2.45, 2.75) is 102 Å². The molecule has 0 bridgehead atoms. The van der Waals surface area contributed by atoms with E-state index in [2.05, 4.69) is 16.0 Å². The fourth-order valence-electron chi connectivity index (χ4n) is 6.83. The van der Waals surface area contributed by atoms with Gasteiger partial charge in [0.1, 0.15) is 5.60 Å². The second-order valence-electron chi connectivity index (χ2n) is 14.3. The van der Waals surface area contributed by atoms with Crippen molar-refractivity contribution < 1.29 is 24.2 Å². The van der Waals surface area contributed by atoms with E-state index in [0.29, 0.717) is 24.9 Å². The topological polar surface area (TPSA) is 130 Å². The lowest BCUT2D eigenvalue weighted by Gasteiger charge is -2.51. The molecule has 0 atom stereocenters. The minimum absolute atomic E-state index is 0.00603. The highest BCUT2D eigenvalue weighted by Gasteiger charge is 2.55. The number of benzene rings is 2. The van der Waals surface area contributed by atoms with Gasteiger partial charge in [0.05, 0.1) is 23.2 Å². The van der Waals surface area contributed by atoms with Crippen molar-refractivity contribution in [3.63, 3.8) is 0 Å². The minimum Gasteiger partial charge on any atom is -0.438 e. The summed E-state index contributed by atoms with van der Waals surface area (Å²) in [5.74, 6) is 0.238. The molecule has 2 aliphatic rings. The lowest BCUT2D eigenvalue weighted by molar-refractivity contribution is -0.177. The highest BCUT2D eigenvalue weighted by Crippen LogP contribution is 2.51. The molecule has 4 N–H and O–H groups in total. The third-order valence-electron chi connectivity index (χ3n) is 8.77. The summed E-state index contributed by atoms with van der Waals surface area (Å²) in [5, 5.41) is 19.5. The van der Waals surface area contributed by atoms with Gasteiger partial charge in [-0.05, 0) is 76.5 Å². The Morgan fingerprint density at radius 1 is 0.957 bits per heavy atom. The maximum absolute atomic E-state index is 13.0. The number of aromatic nitrogens is 1. The number of carbonyl (C=O) groups excluding carboxylic acids is 3. The van der Waals surface area contributed by atoms with E-state index in [1.54, 1.807) is 20.0 Å². The Hall–Kier alpha value is -4.24. The van der Waals surface area contributed by atoms with Gasteiger partial charge in [0.2, 0.25) is 11.8 Å². The lowest BCUT2D eigenvalue weighted by atomic mass is 9.65. The predicted molar refractivity (Wildman–Crippen MR) is 179 cm³/mol. The minimum atomic E-state index is -0.926. The molecule has 0 spiro atoms. The van der Waals surface area contributed by atoms with Gasteiger partial charge >= 0.3 is 6.09 Å². The zero-order chi connectivity index (χ0) is 33.1. The van der Waals surface area contributed by atoms with Gasteiger partial charge in [0, 0.05) is 48.9 Å². The smallest absolute Gasteiger partial charge is 0.408 e. The molecule has 0 unspecified atom stereocenters. The van der Waals surface area contributed by atoms with Gasteiger partial charge in [-0.2, -0.15) is 0 Å². The van der Waals surface area contributed by atoms with E-state index >= 15 is 0 Å². The van der Waals surface area contributed by atoms with Crippen LogP contribution in [-0.2, 0) is 19.9 Å². The molecular weight excluding hydrogens is 580 g/mol. The molecule has 5 rings (SSSR count). The Morgan fingerprint density at radius 3 is 2.20 bits per heavy atom. The van der Waals surface area contributed by atoms with E-state index < -0.39 is 22.8 Å². The molecule has 244 valence electrons. The molecule has 9 nitrogen and oxygen atoms in total. The van der Waals surface area contributed by atoms with Crippen LogP contribution in [0.5, 0.6) is 0 Å². The van der Waals surface area contributed by atoms with E-state index in [1.807, 2.05) is 81.4 Å². The highest BCUT2D eigenvalue weighted by atomic mass is 16.6. The van der Waals surface area contributed by atoms with Gasteiger partial charge < -0.3 is 25.8 Å². The molecule has 0 saturated heterocycles. The fourth-order valence-corrected chi connectivity index (χ4v) is 6.83. The van der Waals surface area contributed by atoms with Gasteiger partial charge in [0.15, 0.2) is 0 Å². The number of alkyl carbamates (subject to hydrolysis) is 1. The number of aliphatic hydroxyl groups is 1. The first kappa shape index (κ1) is 33.1. The van der Waals surface area contributed by atoms with Crippen LogP contribution in [0.3, 0.4) is 0 Å². The van der Waals surface area contributed by atoms with E-state index in [0.717, 1.165) is 53.6 Å². The van der Waals surface area contributed by atoms with E-state index in [-0.39, 0.29) is 23.8 Å². The van der Waals surface area contributed by atoms with E-state index in [1.165, 1.54) is 0 Å². The van der Waals surface area contributed by atoms with E-state index in [4.69, 9.17) is 9.72 Å². The number of rotatable bonds is 8. The normalized spacial score (nSPS) is 24.3. The molecule has 1 heterocycles. The summed E-state index contributed by atoms with van der Waals surface area (Å²) in [6, 6.07) is 19.9. The lowest BCUT2D eigenvalue weighted by Crippen LogP contribution is -2.57. The maximum Gasteiger partial charge on any atom is 0.408 e. The summed E-state index contributed by atoms with van der Waals surface area (Å²) in [5.41, 5.74) is 2.62. The second kappa shape index (κ2) is 13.2. The molecule has 2 saturated carbocycles. The predicted octanol–water partition coefficient (Wildman–Crippen LogP) is 6.70. The van der Waals surface area contributed by atoms with Crippen LogP contribution in [0.4, 0.5) is 10.5 Å². The highest BCUT2D eigenvalue weighted by molar-refractivity contribution is 5.93. The molecule has 0 radical (unpaired) electrons. The summed E-state index contributed by atoms with van der Waals surface area (Å²) in [4.78, 5) is 42.0. The maximum atomic E-state index is 13.0. The van der Waals surface area contributed by atoms with Crippen LogP contribution in [0.1, 0.15) is 85.1 Å². The van der Waals surface area contributed by atoms with Crippen LogP contribution >= 0.6 is 0 Å². The number of anilines is 1. The zero-order valence-corrected chi connectivity index (χ0v) is 27.5. The molecule has 2 fully saturated rings. The summed E-state index contributed by atoms with van der Waals surface area (Å²) < 4.78 is 5.96. The van der Waals surface area contributed by atoms with Gasteiger partial charge in [-0.25, -0.2) is 4.79 Å². The number of carbonyl (C=O) groups is 3. The molecule has 0 aliphatic heterocycles. The van der Waals surface area contributed by atoms with Gasteiger partial charge in [-0.3, -0.25) is 14.6 Å². The number of nitrogens with zero attached hydrogens (tertiary/aromatic N) is 1. The van der Waals surface area contributed by atoms with Gasteiger partial charge in [-0.1, -0.05) is 54.6 Å². The summed E-state index contributed by atoms with van der Waals surface area (Å²) >= 11 is 0. The standard InChI is InChI=1S/C37H46N4O5/c1-24(42)39-29-17-11-25(12-18-29)19-32(43)40-30-20-31(26-9-7-6-8-10-26)33(38-21-30)27-13-15-28(16-14-27)37(22-36(5,45)23-37)46-34(44)41-35(2,3)4/h6-10,13-16,20-21,25,29,45H,11-12,17-19,22-23H2,1-5H3,(H,39,42)(H,40,43)(H,41,44). The average Bonchev–Trinajstić information content (AvgIpc) is 2.96. The van der Waals surface area contributed by atoms with Gasteiger partial charge in [-0.15, -0.1) is 0 Å². The Labute approximate surface area is 271 Å². The van der Waals surface area contributed by atoms with Crippen molar-refractivity contribution in [1.29, 1.82) is 0 Å². The van der Waals surface area contributed by atoms with Crippen molar-refractivity contribution in [2.24, 2.45) is 5.92 Å². The molecular formula is C37H46N4O5. The van der Waals surface area contributed by atoms with Crippen LogP contribution in [0.2, 0.25) is 0 Å². The molecule has 3 amide bonds. The molecule has 2 aliphatic carbocycles. The first-order valence-corrected chi connectivity index (χ1v) is 16.2. The van der Waals surface area contributed by atoms with Crippen LogP contribution < -0.4 is 16.0 Å². The number of hydrogen-bond donors (Lipinski definition) is 4. The summed E-state index contributed by atoms with van der Waals surface area (Å²) in [6.07, 6.45) is 5.80. The SMILES string of the molecule is CC(=O)NC1CCC(CC(=O)Nc2cnc(-c3ccc(C4(OC(=O)NC(C)(C)C)CC(C)(O)C4)cc3)c(-c3ccccc3)c2)CC1. The van der Waals surface area contributed by atoms with Gasteiger partial charge in [0.25, 0.3) is 0 Å². The number of hydrogen-bond acceptors (Lipinski definition) is 6. The quantitative estimate of drug-likeness (QED) is 0.220. The molecule has 1 aromatic heterocycles. The van der Waals surface area contributed by atoms with Crippen molar-refractivity contribution in [3.05, 3.63) is 72.4 Å². The fraction of sp³-hybridized carbons (Fsp3) is 0.459. The number of pyridine rings is 1.